The Morgan fingerprint density at radius 2 is 1.85 bits per heavy atom. The van der Waals surface area contributed by atoms with Crippen molar-refractivity contribution in [3.8, 4) is 11.1 Å². The predicted molar refractivity (Wildman–Crippen MR) is 150 cm³/mol. The molecule has 0 spiro atoms. The molecule has 1 fully saturated rings. The van der Waals surface area contributed by atoms with Gasteiger partial charge in [-0.2, -0.15) is 9.78 Å². The molecule has 10 heteroatoms. The highest BCUT2D eigenvalue weighted by atomic mass is 35.5. The molecule has 0 atom stereocenters. The minimum absolute atomic E-state index is 0.154. The third-order valence-electron chi connectivity index (χ3n) is 6.10. The average Bonchev–Trinajstić information content (AvgIpc) is 3.39. The molecule has 0 saturated carbocycles. The summed E-state index contributed by atoms with van der Waals surface area (Å²) in [4.78, 5) is 27.6. The third kappa shape index (κ3) is 8.63. The quantitative estimate of drug-likeness (QED) is 0.371. The van der Waals surface area contributed by atoms with Crippen molar-refractivity contribution < 1.29 is 23.8 Å². The highest BCUT2D eigenvalue weighted by Gasteiger charge is 2.19. The average molecular weight is 555 g/mol. The van der Waals surface area contributed by atoms with Gasteiger partial charge in [-0.25, -0.2) is 4.79 Å². The number of carbonyl (C=O) groups is 2. The van der Waals surface area contributed by atoms with Crippen LogP contribution in [-0.4, -0.2) is 71.7 Å². The number of aromatic nitrogens is 2. The summed E-state index contributed by atoms with van der Waals surface area (Å²) in [6.45, 7) is 10.3. The van der Waals surface area contributed by atoms with Gasteiger partial charge < -0.3 is 19.5 Å². The van der Waals surface area contributed by atoms with Crippen LogP contribution in [0, 0.1) is 0 Å². The molecule has 0 unspecified atom stereocenters. The lowest BCUT2D eigenvalue weighted by molar-refractivity contribution is -0.115. The van der Waals surface area contributed by atoms with Crippen LogP contribution in [-0.2, 0) is 32.0 Å². The van der Waals surface area contributed by atoms with E-state index in [2.05, 4.69) is 15.3 Å². The number of anilines is 1. The lowest BCUT2D eigenvalue weighted by Crippen LogP contribution is -2.38. The molecule has 1 aliphatic rings. The fraction of sp³-hybridized carbons (Fsp3) is 0.414. The van der Waals surface area contributed by atoms with Crippen LogP contribution in [0.1, 0.15) is 31.9 Å². The van der Waals surface area contributed by atoms with Crippen LogP contribution in [0.2, 0.25) is 5.02 Å². The van der Waals surface area contributed by atoms with E-state index in [9.17, 15) is 9.59 Å². The summed E-state index contributed by atoms with van der Waals surface area (Å²) in [5.74, 6) is -0.178. The molecule has 1 N–H and O–H groups in total. The van der Waals surface area contributed by atoms with Crippen molar-refractivity contribution in [1.82, 2.24) is 14.7 Å². The Morgan fingerprint density at radius 3 is 2.59 bits per heavy atom. The van der Waals surface area contributed by atoms with E-state index in [0.717, 1.165) is 55.1 Å². The number of benzene rings is 2. The van der Waals surface area contributed by atoms with Crippen molar-refractivity contribution in [2.24, 2.45) is 0 Å². The summed E-state index contributed by atoms with van der Waals surface area (Å²) >= 11 is 6.25. The molecule has 39 heavy (non-hydrogen) atoms. The van der Waals surface area contributed by atoms with Crippen molar-refractivity contribution in [2.45, 2.75) is 39.4 Å². The Labute approximate surface area is 234 Å². The predicted octanol–water partition coefficient (Wildman–Crippen LogP) is 5.02. The van der Waals surface area contributed by atoms with E-state index >= 15 is 0 Å². The van der Waals surface area contributed by atoms with Crippen molar-refractivity contribution in [2.75, 3.05) is 44.8 Å². The molecule has 2 heterocycles. The largest absolute Gasteiger partial charge is 0.442 e. The summed E-state index contributed by atoms with van der Waals surface area (Å²) < 4.78 is 18.0. The van der Waals surface area contributed by atoms with Crippen LogP contribution in [0.5, 0.6) is 0 Å². The Balaban J connectivity index is 1.48. The van der Waals surface area contributed by atoms with Gasteiger partial charge >= 0.3 is 6.09 Å². The van der Waals surface area contributed by atoms with Crippen LogP contribution >= 0.6 is 11.6 Å². The minimum Gasteiger partial charge on any atom is -0.442 e. The Hall–Kier alpha value is -3.24. The summed E-state index contributed by atoms with van der Waals surface area (Å²) in [6, 6.07) is 12.9. The zero-order valence-corrected chi connectivity index (χ0v) is 23.4. The molecule has 1 saturated heterocycles. The molecule has 1 aliphatic heterocycles. The number of rotatable bonds is 9. The van der Waals surface area contributed by atoms with Crippen LogP contribution in [0.25, 0.3) is 11.1 Å². The van der Waals surface area contributed by atoms with E-state index in [0.29, 0.717) is 23.9 Å². The summed E-state index contributed by atoms with van der Waals surface area (Å²) in [6.07, 6.45) is 2.84. The first-order valence-electron chi connectivity index (χ1n) is 13.0. The fourth-order valence-electron chi connectivity index (χ4n) is 4.10. The Morgan fingerprint density at radius 1 is 1.08 bits per heavy atom. The number of morpholine rings is 1. The molecular formula is C29H35ClN4O5. The Kier molecular flexibility index (Phi) is 9.74. The summed E-state index contributed by atoms with van der Waals surface area (Å²) in [5.41, 5.74) is 3.17. The van der Waals surface area contributed by atoms with Crippen LogP contribution in [0.4, 0.5) is 10.5 Å². The van der Waals surface area contributed by atoms with Gasteiger partial charge in [-0.1, -0.05) is 35.9 Å². The van der Waals surface area contributed by atoms with E-state index in [-0.39, 0.29) is 12.3 Å². The second-order valence-corrected chi connectivity index (χ2v) is 10.8. The number of carbonyl (C=O) groups excluding carboxylic acids is 2. The van der Waals surface area contributed by atoms with E-state index in [1.165, 1.54) is 4.68 Å². The molecule has 1 aromatic heterocycles. The molecule has 208 valence electrons. The first-order chi connectivity index (χ1) is 18.7. The van der Waals surface area contributed by atoms with E-state index in [4.69, 9.17) is 25.8 Å². The zero-order chi connectivity index (χ0) is 27.8. The standard InChI is InChI=1S/C29H35ClN4O5/c1-29(2,3)39-28(36)34-19-24(18-31-34)21-8-9-26(32-27(35)17-22-6-4-5-7-25(22)30)23(16-21)20-38-15-12-33-10-13-37-14-11-33/h4-9,16,18-19H,10-15,17,20H2,1-3H3,(H,32,35). The number of nitrogens with one attached hydrogen (secondary N) is 1. The number of hydrogen-bond donors (Lipinski definition) is 1. The number of hydrogen-bond acceptors (Lipinski definition) is 7. The molecule has 0 bridgehead atoms. The van der Waals surface area contributed by atoms with Gasteiger partial charge in [0.15, 0.2) is 0 Å². The number of nitrogens with zero attached hydrogens (tertiary/aromatic N) is 3. The first-order valence-corrected chi connectivity index (χ1v) is 13.4. The monoisotopic (exact) mass is 554 g/mol. The van der Waals surface area contributed by atoms with Crippen molar-refractivity contribution in [3.05, 3.63) is 71.0 Å². The molecule has 9 nitrogen and oxygen atoms in total. The first kappa shape index (κ1) is 28.8. The van der Waals surface area contributed by atoms with Crippen LogP contribution in [0.15, 0.2) is 54.9 Å². The van der Waals surface area contributed by atoms with E-state index < -0.39 is 11.7 Å². The van der Waals surface area contributed by atoms with Gasteiger partial charge in [0.05, 0.1) is 39.0 Å². The third-order valence-corrected chi connectivity index (χ3v) is 6.47. The molecule has 2 aromatic carbocycles. The maximum Gasteiger partial charge on any atom is 0.435 e. The Bertz CT molecular complexity index is 1280. The SMILES string of the molecule is CC(C)(C)OC(=O)n1cc(-c2ccc(NC(=O)Cc3ccccc3Cl)c(COCCN3CCOCC3)c2)cn1. The maximum absolute atomic E-state index is 12.9. The lowest BCUT2D eigenvalue weighted by atomic mass is 10.0. The van der Waals surface area contributed by atoms with Gasteiger partial charge in [0.25, 0.3) is 0 Å². The van der Waals surface area contributed by atoms with Crippen molar-refractivity contribution in [1.29, 1.82) is 0 Å². The number of ether oxygens (including phenoxy) is 3. The molecule has 3 aromatic rings. The second-order valence-electron chi connectivity index (χ2n) is 10.3. The topological polar surface area (TPSA) is 94.9 Å². The normalized spacial score (nSPS) is 14.3. The van der Waals surface area contributed by atoms with Gasteiger partial charge in [0.2, 0.25) is 5.91 Å². The number of amides is 1. The van der Waals surface area contributed by atoms with Gasteiger partial charge in [-0.05, 0) is 50.1 Å². The van der Waals surface area contributed by atoms with Crippen LogP contribution in [0.3, 0.4) is 0 Å². The van der Waals surface area contributed by atoms with Crippen LogP contribution < -0.4 is 5.32 Å². The highest BCUT2D eigenvalue weighted by Crippen LogP contribution is 2.27. The summed E-state index contributed by atoms with van der Waals surface area (Å²) in [7, 11) is 0. The summed E-state index contributed by atoms with van der Waals surface area (Å²) in [5, 5.41) is 7.73. The van der Waals surface area contributed by atoms with E-state index in [1.54, 1.807) is 39.2 Å². The fourth-order valence-corrected chi connectivity index (χ4v) is 4.31. The molecule has 1 amide bonds. The van der Waals surface area contributed by atoms with Gasteiger partial charge in [0, 0.05) is 47.7 Å². The molecule has 0 aliphatic carbocycles. The van der Waals surface area contributed by atoms with Gasteiger partial charge in [-0.3, -0.25) is 9.69 Å². The zero-order valence-electron chi connectivity index (χ0n) is 22.6. The molecular weight excluding hydrogens is 520 g/mol. The second kappa shape index (κ2) is 13.2. The number of halogens is 1. The minimum atomic E-state index is -0.626. The lowest BCUT2D eigenvalue weighted by Gasteiger charge is -2.26. The van der Waals surface area contributed by atoms with Crippen molar-refractivity contribution in [3.63, 3.8) is 0 Å². The van der Waals surface area contributed by atoms with Gasteiger partial charge in [0.1, 0.15) is 5.60 Å². The molecule has 4 rings (SSSR count). The molecule has 0 radical (unpaired) electrons. The maximum atomic E-state index is 12.9. The van der Waals surface area contributed by atoms with E-state index in [1.807, 2.05) is 36.4 Å². The highest BCUT2D eigenvalue weighted by molar-refractivity contribution is 6.31. The smallest absolute Gasteiger partial charge is 0.435 e. The van der Waals surface area contributed by atoms with Crippen molar-refractivity contribution >= 4 is 29.3 Å². The van der Waals surface area contributed by atoms with Gasteiger partial charge in [-0.15, -0.1) is 0 Å².